The lowest BCUT2D eigenvalue weighted by atomic mass is 9.96. The van der Waals surface area contributed by atoms with Crippen molar-refractivity contribution >= 4 is 29.4 Å². The van der Waals surface area contributed by atoms with Gasteiger partial charge < -0.3 is 10.1 Å². The Balaban J connectivity index is 1.47. The van der Waals surface area contributed by atoms with Gasteiger partial charge in [-0.15, -0.1) is 0 Å². The van der Waals surface area contributed by atoms with E-state index < -0.39 is 0 Å². The number of carbonyl (C=O) groups excluding carboxylic acids is 2. The molecule has 0 aliphatic heterocycles. The molecule has 38 heavy (non-hydrogen) atoms. The minimum absolute atomic E-state index is 0.0106. The molecule has 2 amide bonds. The van der Waals surface area contributed by atoms with Gasteiger partial charge in [-0.3, -0.25) is 9.69 Å². The van der Waals surface area contributed by atoms with Gasteiger partial charge in [0, 0.05) is 28.1 Å². The molecule has 200 valence electrons. The Kier molecular flexibility index (Phi) is 10.7. The zero-order valence-electron chi connectivity index (χ0n) is 22.2. The predicted molar refractivity (Wildman–Crippen MR) is 155 cm³/mol. The van der Waals surface area contributed by atoms with Crippen molar-refractivity contribution in [1.29, 1.82) is 0 Å². The number of nitrogens with one attached hydrogen (secondary N) is 1. The SMILES string of the molecule is CCOC(=O)Cc1cccc(Sc2cccc(N(CCCc3ccccc3)C(=O)NC3CCCCC3)c2)c1. The maximum absolute atomic E-state index is 13.5. The molecule has 0 saturated heterocycles. The summed E-state index contributed by atoms with van der Waals surface area (Å²) in [5, 5.41) is 3.31. The van der Waals surface area contributed by atoms with Crippen molar-refractivity contribution in [2.75, 3.05) is 18.1 Å². The van der Waals surface area contributed by atoms with Gasteiger partial charge in [0.15, 0.2) is 0 Å². The number of amides is 2. The molecule has 0 heterocycles. The highest BCUT2D eigenvalue weighted by atomic mass is 32.2. The Bertz CT molecular complexity index is 1180. The van der Waals surface area contributed by atoms with E-state index >= 15 is 0 Å². The first-order chi connectivity index (χ1) is 18.6. The van der Waals surface area contributed by atoms with Crippen molar-refractivity contribution in [2.24, 2.45) is 0 Å². The first-order valence-electron chi connectivity index (χ1n) is 13.7. The summed E-state index contributed by atoms with van der Waals surface area (Å²) in [5.74, 6) is -0.216. The van der Waals surface area contributed by atoms with E-state index in [0.29, 0.717) is 13.2 Å². The van der Waals surface area contributed by atoms with Crippen LogP contribution in [-0.2, 0) is 22.4 Å². The van der Waals surface area contributed by atoms with Crippen LogP contribution in [0.25, 0.3) is 0 Å². The van der Waals surface area contributed by atoms with E-state index in [9.17, 15) is 9.59 Å². The topological polar surface area (TPSA) is 58.6 Å². The molecule has 4 rings (SSSR count). The summed E-state index contributed by atoms with van der Waals surface area (Å²) in [6.45, 7) is 2.85. The minimum Gasteiger partial charge on any atom is -0.466 e. The van der Waals surface area contributed by atoms with Crippen molar-refractivity contribution in [3.05, 3.63) is 90.0 Å². The molecular formula is C32H38N2O3S. The van der Waals surface area contributed by atoms with Crippen LogP contribution in [0.4, 0.5) is 10.5 Å². The van der Waals surface area contributed by atoms with E-state index in [1.165, 1.54) is 24.8 Å². The van der Waals surface area contributed by atoms with E-state index in [1.54, 1.807) is 11.8 Å². The van der Waals surface area contributed by atoms with Gasteiger partial charge in [0.1, 0.15) is 0 Å². The number of hydrogen-bond acceptors (Lipinski definition) is 4. The Labute approximate surface area is 231 Å². The van der Waals surface area contributed by atoms with Crippen LogP contribution in [0.2, 0.25) is 0 Å². The van der Waals surface area contributed by atoms with E-state index in [1.807, 2.05) is 54.3 Å². The summed E-state index contributed by atoms with van der Waals surface area (Å²) in [4.78, 5) is 29.4. The normalized spacial score (nSPS) is 13.6. The lowest BCUT2D eigenvalue weighted by Crippen LogP contribution is -2.46. The van der Waals surface area contributed by atoms with Crippen molar-refractivity contribution in [2.45, 2.75) is 74.1 Å². The molecule has 1 aliphatic carbocycles. The summed E-state index contributed by atoms with van der Waals surface area (Å²) in [6, 6.07) is 26.8. The third-order valence-corrected chi connectivity index (χ3v) is 7.76. The number of ether oxygens (including phenoxy) is 1. The largest absolute Gasteiger partial charge is 0.466 e. The lowest BCUT2D eigenvalue weighted by molar-refractivity contribution is -0.142. The average molecular weight is 531 g/mol. The van der Waals surface area contributed by atoms with Gasteiger partial charge in [0.2, 0.25) is 0 Å². The number of benzene rings is 3. The van der Waals surface area contributed by atoms with E-state index in [2.05, 4.69) is 41.7 Å². The Morgan fingerprint density at radius 2 is 1.61 bits per heavy atom. The molecule has 1 aliphatic rings. The van der Waals surface area contributed by atoms with Crippen molar-refractivity contribution < 1.29 is 14.3 Å². The van der Waals surface area contributed by atoms with Gasteiger partial charge in [0.25, 0.3) is 0 Å². The molecule has 0 unspecified atom stereocenters. The fourth-order valence-corrected chi connectivity index (χ4v) is 5.84. The second kappa shape index (κ2) is 14.6. The minimum atomic E-state index is -0.216. The first kappa shape index (κ1) is 27.8. The van der Waals surface area contributed by atoms with Crippen LogP contribution in [0.5, 0.6) is 0 Å². The predicted octanol–water partition coefficient (Wildman–Crippen LogP) is 7.42. The quantitative estimate of drug-likeness (QED) is 0.262. The number of rotatable bonds is 11. The standard InChI is InChI=1S/C32H38N2O3S/c1-2-37-31(35)23-26-14-9-19-29(22-26)38-30-20-10-18-28(24-30)34(21-11-15-25-12-5-3-6-13-25)32(36)33-27-16-7-4-8-17-27/h3,5-6,9-10,12-14,18-20,22,24,27H,2,4,7-8,11,15-17,21,23H2,1H3,(H,33,36). The fraction of sp³-hybridized carbons (Fsp3) is 0.375. The van der Waals surface area contributed by atoms with Crippen molar-refractivity contribution in [3.8, 4) is 0 Å². The van der Waals surface area contributed by atoms with Crippen LogP contribution < -0.4 is 10.2 Å². The van der Waals surface area contributed by atoms with Crippen LogP contribution in [0.1, 0.15) is 56.6 Å². The smallest absolute Gasteiger partial charge is 0.322 e. The zero-order chi connectivity index (χ0) is 26.6. The molecule has 6 heteroatoms. The molecule has 0 atom stereocenters. The van der Waals surface area contributed by atoms with Gasteiger partial charge in [0.05, 0.1) is 13.0 Å². The van der Waals surface area contributed by atoms with Gasteiger partial charge in [-0.1, -0.05) is 79.6 Å². The molecule has 0 bridgehead atoms. The Hall–Kier alpha value is -3.25. The van der Waals surface area contributed by atoms with Crippen LogP contribution in [0, 0.1) is 0 Å². The molecule has 3 aromatic carbocycles. The summed E-state index contributed by atoms with van der Waals surface area (Å²) in [5.41, 5.74) is 3.12. The number of anilines is 1. The van der Waals surface area contributed by atoms with Gasteiger partial charge in [-0.2, -0.15) is 0 Å². The summed E-state index contributed by atoms with van der Waals surface area (Å²) in [7, 11) is 0. The highest BCUT2D eigenvalue weighted by molar-refractivity contribution is 7.99. The molecule has 0 radical (unpaired) electrons. The second-order valence-electron chi connectivity index (χ2n) is 9.75. The van der Waals surface area contributed by atoms with Crippen LogP contribution in [-0.4, -0.2) is 31.2 Å². The molecular weight excluding hydrogens is 492 g/mol. The number of carbonyl (C=O) groups is 2. The van der Waals surface area contributed by atoms with Crippen LogP contribution >= 0.6 is 11.8 Å². The summed E-state index contributed by atoms with van der Waals surface area (Å²) < 4.78 is 5.09. The number of esters is 1. The molecule has 1 fully saturated rings. The average Bonchev–Trinajstić information content (AvgIpc) is 2.93. The van der Waals surface area contributed by atoms with Crippen molar-refractivity contribution in [1.82, 2.24) is 5.32 Å². The Morgan fingerprint density at radius 3 is 2.37 bits per heavy atom. The maximum atomic E-state index is 13.5. The monoisotopic (exact) mass is 530 g/mol. The molecule has 0 aromatic heterocycles. The molecule has 5 nitrogen and oxygen atoms in total. The van der Waals surface area contributed by atoms with E-state index in [0.717, 1.165) is 46.7 Å². The van der Waals surface area contributed by atoms with Gasteiger partial charge in [-0.05, 0) is 74.1 Å². The van der Waals surface area contributed by atoms with E-state index in [-0.39, 0.29) is 24.5 Å². The summed E-state index contributed by atoms with van der Waals surface area (Å²) >= 11 is 1.63. The van der Waals surface area contributed by atoms with Gasteiger partial charge in [-0.25, -0.2) is 4.79 Å². The first-order valence-corrected chi connectivity index (χ1v) is 14.6. The number of nitrogens with zero attached hydrogens (tertiary/aromatic N) is 1. The Morgan fingerprint density at radius 1 is 0.895 bits per heavy atom. The van der Waals surface area contributed by atoms with Crippen LogP contribution in [0.15, 0.2) is 88.7 Å². The molecule has 1 N–H and O–H groups in total. The van der Waals surface area contributed by atoms with Crippen LogP contribution in [0.3, 0.4) is 0 Å². The van der Waals surface area contributed by atoms with E-state index in [4.69, 9.17) is 4.74 Å². The van der Waals surface area contributed by atoms with Gasteiger partial charge >= 0.3 is 12.0 Å². The third-order valence-electron chi connectivity index (χ3n) is 6.79. The maximum Gasteiger partial charge on any atom is 0.322 e. The fourth-order valence-electron chi connectivity index (χ4n) is 4.88. The molecule has 1 saturated carbocycles. The highest BCUT2D eigenvalue weighted by Crippen LogP contribution is 2.31. The summed E-state index contributed by atoms with van der Waals surface area (Å²) in [6.07, 6.45) is 7.81. The van der Waals surface area contributed by atoms with Crippen molar-refractivity contribution in [3.63, 3.8) is 0 Å². The molecule has 0 spiro atoms. The zero-order valence-corrected chi connectivity index (χ0v) is 23.1. The molecule has 3 aromatic rings. The number of hydrogen-bond donors (Lipinski definition) is 1. The second-order valence-corrected chi connectivity index (χ2v) is 10.9. The number of aryl methyl sites for hydroxylation is 1. The lowest BCUT2D eigenvalue weighted by Gasteiger charge is -2.29. The third kappa shape index (κ3) is 8.66. The number of urea groups is 1. The highest BCUT2D eigenvalue weighted by Gasteiger charge is 2.21.